The highest BCUT2D eigenvalue weighted by atomic mass is 16.1. The summed E-state index contributed by atoms with van der Waals surface area (Å²) in [5.74, 6) is 1.42. The number of rotatable bonds is 6. The Labute approximate surface area is 127 Å². The first-order valence-corrected chi connectivity index (χ1v) is 8.09. The molecule has 1 aliphatic rings. The van der Waals surface area contributed by atoms with Crippen LogP contribution < -0.4 is 15.8 Å². The van der Waals surface area contributed by atoms with Crippen molar-refractivity contribution in [1.29, 1.82) is 0 Å². The van der Waals surface area contributed by atoms with Gasteiger partial charge in [0, 0.05) is 25.7 Å². The normalized spacial score (nSPS) is 16.7. The van der Waals surface area contributed by atoms with Crippen molar-refractivity contribution in [3.05, 3.63) is 22.6 Å². The molecule has 0 radical (unpaired) electrons. The van der Waals surface area contributed by atoms with E-state index in [-0.39, 0.29) is 5.56 Å². The van der Waals surface area contributed by atoms with Crippen molar-refractivity contribution in [2.45, 2.75) is 40.2 Å². The Balaban J connectivity index is 1.90. The van der Waals surface area contributed by atoms with Gasteiger partial charge in [0.05, 0.1) is 18.4 Å². The number of nitrogens with one attached hydrogen (secondary N) is 1. The summed E-state index contributed by atoms with van der Waals surface area (Å²) in [5.41, 5.74) is 0.968. The molecule has 1 saturated heterocycles. The van der Waals surface area contributed by atoms with E-state index < -0.39 is 0 Å². The lowest BCUT2D eigenvalue weighted by atomic mass is 9.99. The number of hydrogen-bond acceptors (Lipinski definition) is 4. The fraction of sp³-hybridized carbons (Fsp3) is 0.750. The zero-order chi connectivity index (χ0) is 15.2. The molecule has 2 heterocycles. The first kappa shape index (κ1) is 16.0. The highest BCUT2D eigenvalue weighted by Crippen LogP contribution is 2.20. The van der Waals surface area contributed by atoms with Crippen molar-refractivity contribution < 1.29 is 0 Å². The third-order valence-corrected chi connectivity index (χ3v) is 4.06. The minimum Gasteiger partial charge on any atom is -0.370 e. The van der Waals surface area contributed by atoms with Crippen LogP contribution in [-0.2, 0) is 6.54 Å². The van der Waals surface area contributed by atoms with Gasteiger partial charge in [0.2, 0.25) is 0 Å². The molecule has 1 aliphatic heterocycles. The Morgan fingerprint density at radius 3 is 2.71 bits per heavy atom. The monoisotopic (exact) mass is 292 g/mol. The van der Waals surface area contributed by atoms with Gasteiger partial charge in [-0.25, -0.2) is 4.68 Å². The maximum absolute atomic E-state index is 12.1. The quantitative estimate of drug-likeness (QED) is 0.811. The third kappa shape index (κ3) is 4.84. The van der Waals surface area contributed by atoms with Gasteiger partial charge in [-0.15, -0.1) is 0 Å². The van der Waals surface area contributed by atoms with Gasteiger partial charge in [-0.2, -0.15) is 5.10 Å². The van der Waals surface area contributed by atoms with E-state index in [1.54, 1.807) is 10.7 Å². The molecule has 0 atom stereocenters. The van der Waals surface area contributed by atoms with E-state index in [0.717, 1.165) is 37.8 Å². The molecule has 118 valence electrons. The van der Waals surface area contributed by atoms with Crippen LogP contribution in [0.15, 0.2) is 17.1 Å². The second-order valence-corrected chi connectivity index (χ2v) is 6.54. The largest absolute Gasteiger partial charge is 0.370 e. The lowest BCUT2D eigenvalue weighted by Gasteiger charge is -2.31. The molecule has 5 nitrogen and oxygen atoms in total. The van der Waals surface area contributed by atoms with Crippen molar-refractivity contribution in [3.63, 3.8) is 0 Å². The summed E-state index contributed by atoms with van der Waals surface area (Å²) in [6.45, 7) is 11.1. The minimum absolute atomic E-state index is 0.00234. The zero-order valence-electron chi connectivity index (χ0n) is 13.5. The van der Waals surface area contributed by atoms with Gasteiger partial charge >= 0.3 is 0 Å². The molecular formula is C16H28N4O. The molecule has 1 N–H and O–H groups in total. The van der Waals surface area contributed by atoms with Gasteiger partial charge in [0.1, 0.15) is 0 Å². The number of anilines is 1. The molecule has 1 aromatic heterocycles. The average Bonchev–Trinajstić information content (AvgIpc) is 2.45. The SMILES string of the molecule is CC(C)CNCCn1ncc(N2CCC(C)CC2)cc1=O. The molecule has 0 unspecified atom stereocenters. The maximum Gasteiger partial charge on any atom is 0.268 e. The van der Waals surface area contributed by atoms with Crippen LogP contribution in [0.25, 0.3) is 0 Å². The van der Waals surface area contributed by atoms with Gasteiger partial charge in [0.25, 0.3) is 5.56 Å². The molecule has 0 aliphatic carbocycles. The summed E-state index contributed by atoms with van der Waals surface area (Å²) in [7, 11) is 0. The molecule has 1 fully saturated rings. The third-order valence-electron chi connectivity index (χ3n) is 4.06. The molecule has 0 amide bonds. The second-order valence-electron chi connectivity index (χ2n) is 6.54. The lowest BCUT2D eigenvalue weighted by Crippen LogP contribution is -2.35. The summed E-state index contributed by atoms with van der Waals surface area (Å²) >= 11 is 0. The highest BCUT2D eigenvalue weighted by Gasteiger charge is 2.16. The molecule has 0 bridgehead atoms. The van der Waals surface area contributed by atoms with Crippen LogP contribution in [0.5, 0.6) is 0 Å². The maximum atomic E-state index is 12.1. The standard InChI is InChI=1S/C16H28N4O/c1-13(2)11-17-6-9-20-16(21)10-15(12-18-20)19-7-4-14(3)5-8-19/h10,12-14,17H,4-9,11H2,1-3H3. The van der Waals surface area contributed by atoms with E-state index in [1.807, 2.05) is 6.20 Å². The number of nitrogens with zero attached hydrogens (tertiary/aromatic N) is 3. The smallest absolute Gasteiger partial charge is 0.268 e. The Morgan fingerprint density at radius 2 is 2.10 bits per heavy atom. The van der Waals surface area contributed by atoms with Crippen molar-refractivity contribution in [2.75, 3.05) is 31.1 Å². The highest BCUT2D eigenvalue weighted by molar-refractivity contribution is 5.43. The van der Waals surface area contributed by atoms with Gasteiger partial charge in [-0.1, -0.05) is 20.8 Å². The summed E-state index contributed by atoms with van der Waals surface area (Å²) in [6, 6.07) is 1.73. The van der Waals surface area contributed by atoms with E-state index in [9.17, 15) is 4.79 Å². The molecule has 1 aromatic rings. The van der Waals surface area contributed by atoms with Gasteiger partial charge in [-0.3, -0.25) is 4.79 Å². The molecular weight excluding hydrogens is 264 g/mol. The van der Waals surface area contributed by atoms with Crippen LogP contribution >= 0.6 is 0 Å². The fourth-order valence-electron chi connectivity index (χ4n) is 2.61. The summed E-state index contributed by atoms with van der Waals surface area (Å²) in [4.78, 5) is 14.4. The van der Waals surface area contributed by atoms with Gasteiger partial charge < -0.3 is 10.2 Å². The minimum atomic E-state index is -0.00234. The first-order valence-electron chi connectivity index (χ1n) is 8.09. The second kappa shape index (κ2) is 7.59. The first-order chi connectivity index (χ1) is 10.1. The van der Waals surface area contributed by atoms with Crippen LogP contribution in [0.3, 0.4) is 0 Å². The van der Waals surface area contributed by atoms with Crippen LogP contribution in [0.2, 0.25) is 0 Å². The van der Waals surface area contributed by atoms with E-state index in [1.165, 1.54) is 12.8 Å². The zero-order valence-corrected chi connectivity index (χ0v) is 13.5. The van der Waals surface area contributed by atoms with Crippen LogP contribution in [-0.4, -0.2) is 36.0 Å². The van der Waals surface area contributed by atoms with E-state index in [0.29, 0.717) is 12.5 Å². The number of aromatic nitrogens is 2. The van der Waals surface area contributed by atoms with Gasteiger partial charge in [-0.05, 0) is 31.2 Å². The molecule has 21 heavy (non-hydrogen) atoms. The van der Waals surface area contributed by atoms with Crippen molar-refractivity contribution in [2.24, 2.45) is 11.8 Å². The Bertz CT molecular complexity index is 489. The topological polar surface area (TPSA) is 50.2 Å². The summed E-state index contributed by atoms with van der Waals surface area (Å²) in [5, 5.41) is 7.64. The fourth-order valence-corrected chi connectivity index (χ4v) is 2.61. The molecule has 2 rings (SSSR count). The van der Waals surface area contributed by atoms with E-state index in [2.05, 4.69) is 36.1 Å². The van der Waals surface area contributed by atoms with Gasteiger partial charge in [0.15, 0.2) is 0 Å². The molecule has 0 saturated carbocycles. The van der Waals surface area contributed by atoms with E-state index in [4.69, 9.17) is 0 Å². The molecule has 0 spiro atoms. The predicted octanol–water partition coefficient (Wildman–Crippen LogP) is 1.73. The summed E-state index contributed by atoms with van der Waals surface area (Å²) in [6.07, 6.45) is 4.23. The Kier molecular flexibility index (Phi) is 5.79. The average molecular weight is 292 g/mol. The van der Waals surface area contributed by atoms with Crippen molar-refractivity contribution in [1.82, 2.24) is 15.1 Å². The van der Waals surface area contributed by atoms with Crippen LogP contribution in [0, 0.1) is 11.8 Å². The summed E-state index contributed by atoms with van der Waals surface area (Å²) < 4.78 is 1.55. The number of piperidine rings is 1. The van der Waals surface area contributed by atoms with Crippen LogP contribution in [0.1, 0.15) is 33.6 Å². The number of hydrogen-bond donors (Lipinski definition) is 1. The predicted molar refractivity (Wildman–Crippen MR) is 86.8 cm³/mol. The lowest BCUT2D eigenvalue weighted by molar-refractivity contribution is 0.437. The molecule has 0 aromatic carbocycles. The Hall–Kier alpha value is -1.36. The van der Waals surface area contributed by atoms with E-state index >= 15 is 0 Å². The Morgan fingerprint density at radius 1 is 1.38 bits per heavy atom. The van der Waals surface area contributed by atoms with Crippen molar-refractivity contribution >= 4 is 5.69 Å². The van der Waals surface area contributed by atoms with Crippen molar-refractivity contribution in [3.8, 4) is 0 Å². The molecule has 5 heteroatoms. The van der Waals surface area contributed by atoms with Crippen LogP contribution in [0.4, 0.5) is 5.69 Å².